The Balaban J connectivity index is 1.87. The minimum absolute atomic E-state index is 0.127. The van der Waals surface area contributed by atoms with E-state index in [0.29, 0.717) is 19.6 Å². The van der Waals surface area contributed by atoms with E-state index in [1.807, 2.05) is 31.2 Å². The Kier molecular flexibility index (Phi) is 6.10. The second kappa shape index (κ2) is 7.88. The zero-order valence-corrected chi connectivity index (χ0v) is 13.9. The number of rotatable bonds is 6. The Morgan fingerprint density at radius 2 is 2.12 bits per heavy atom. The lowest BCUT2D eigenvalue weighted by Crippen LogP contribution is -2.40. The number of carbonyl (C=O) groups excluding carboxylic acids is 1. The molecule has 7 heteroatoms. The van der Waals surface area contributed by atoms with E-state index in [0.717, 1.165) is 11.3 Å². The van der Waals surface area contributed by atoms with Gasteiger partial charge in [0.1, 0.15) is 5.75 Å². The molecular formula is C17H23F3N2O2. The molecule has 0 bridgehead atoms. The number of carbonyl (C=O) groups is 1. The second-order valence-electron chi connectivity index (χ2n) is 6.10. The molecule has 1 amide bonds. The Morgan fingerprint density at radius 1 is 1.38 bits per heavy atom. The summed E-state index contributed by atoms with van der Waals surface area (Å²) in [6.45, 7) is 2.77. The topological polar surface area (TPSA) is 41.6 Å². The predicted octanol–water partition coefficient (Wildman–Crippen LogP) is 2.48. The third-order valence-electron chi connectivity index (χ3n) is 4.18. The molecule has 1 aliphatic heterocycles. The van der Waals surface area contributed by atoms with Crippen LogP contribution in [-0.2, 0) is 11.2 Å². The Hall–Kier alpha value is -1.76. The molecule has 1 aliphatic rings. The summed E-state index contributed by atoms with van der Waals surface area (Å²) >= 11 is 0. The molecule has 0 radical (unpaired) electrons. The zero-order valence-electron chi connectivity index (χ0n) is 13.9. The highest BCUT2D eigenvalue weighted by molar-refractivity contribution is 5.79. The van der Waals surface area contributed by atoms with Crippen molar-refractivity contribution in [2.45, 2.75) is 19.5 Å². The van der Waals surface area contributed by atoms with Gasteiger partial charge in [0.05, 0.1) is 18.4 Å². The molecule has 0 aliphatic carbocycles. The number of halogens is 3. The summed E-state index contributed by atoms with van der Waals surface area (Å²) in [6, 6.07) is 7.47. The quantitative estimate of drug-likeness (QED) is 0.862. The summed E-state index contributed by atoms with van der Waals surface area (Å²) in [5, 5.41) is 2.64. The minimum atomic E-state index is -4.35. The Labute approximate surface area is 140 Å². The first-order valence-electron chi connectivity index (χ1n) is 8.06. The summed E-state index contributed by atoms with van der Waals surface area (Å²) in [6.07, 6.45) is -3.80. The Morgan fingerprint density at radius 3 is 2.79 bits per heavy atom. The van der Waals surface area contributed by atoms with E-state index in [1.54, 1.807) is 11.9 Å². The molecule has 1 aromatic rings. The number of likely N-dealkylation sites (tertiary alicyclic amines) is 1. The van der Waals surface area contributed by atoms with E-state index in [1.165, 1.54) is 0 Å². The first kappa shape index (κ1) is 18.6. The standard InChI is InChI=1S/C17H23F3N2O2/c1-3-24-13-6-4-5-12(9-13)7-8-21-16(23)14-10-22(2)11-15(14)17(18,19)20/h4-6,9,14-15H,3,7-8,10-11H2,1-2H3,(H,21,23)/t14-,15-/m1/s1. The minimum Gasteiger partial charge on any atom is -0.494 e. The molecule has 0 unspecified atom stereocenters. The molecule has 2 rings (SSSR count). The molecule has 1 saturated heterocycles. The van der Waals surface area contributed by atoms with E-state index in [4.69, 9.17) is 4.74 Å². The number of benzene rings is 1. The molecule has 4 nitrogen and oxygen atoms in total. The van der Waals surface area contributed by atoms with Crippen LogP contribution in [0.4, 0.5) is 13.2 Å². The van der Waals surface area contributed by atoms with Crippen molar-refractivity contribution in [2.75, 3.05) is 33.3 Å². The van der Waals surface area contributed by atoms with Gasteiger partial charge in [-0.05, 0) is 38.1 Å². The number of amides is 1. The maximum absolute atomic E-state index is 13.0. The van der Waals surface area contributed by atoms with Crippen LogP contribution < -0.4 is 10.1 Å². The van der Waals surface area contributed by atoms with Crippen molar-refractivity contribution in [3.05, 3.63) is 29.8 Å². The van der Waals surface area contributed by atoms with Crippen molar-refractivity contribution in [3.8, 4) is 5.75 Å². The number of hydrogen-bond donors (Lipinski definition) is 1. The molecule has 0 saturated carbocycles. The lowest BCUT2D eigenvalue weighted by atomic mass is 9.94. The van der Waals surface area contributed by atoms with E-state index in [-0.39, 0.29) is 13.1 Å². The van der Waals surface area contributed by atoms with E-state index in [9.17, 15) is 18.0 Å². The van der Waals surface area contributed by atoms with Gasteiger partial charge >= 0.3 is 6.18 Å². The SMILES string of the molecule is CCOc1cccc(CCNC(=O)[C@@H]2CN(C)C[C@H]2C(F)(F)F)c1. The van der Waals surface area contributed by atoms with Crippen molar-refractivity contribution in [1.29, 1.82) is 0 Å². The van der Waals surface area contributed by atoms with Crippen molar-refractivity contribution < 1.29 is 22.7 Å². The normalized spacial score (nSPS) is 21.7. The van der Waals surface area contributed by atoms with Crippen LogP contribution in [0.1, 0.15) is 12.5 Å². The summed E-state index contributed by atoms with van der Waals surface area (Å²) in [7, 11) is 1.60. The second-order valence-corrected chi connectivity index (χ2v) is 6.10. The Bertz CT molecular complexity index is 563. The third kappa shape index (κ3) is 4.87. The lowest BCUT2D eigenvalue weighted by molar-refractivity contribution is -0.183. The first-order chi connectivity index (χ1) is 11.3. The largest absolute Gasteiger partial charge is 0.494 e. The van der Waals surface area contributed by atoms with Gasteiger partial charge in [-0.15, -0.1) is 0 Å². The van der Waals surface area contributed by atoms with Crippen LogP contribution in [-0.4, -0.2) is 50.3 Å². The van der Waals surface area contributed by atoms with Crippen LogP contribution in [0, 0.1) is 11.8 Å². The molecule has 1 N–H and O–H groups in total. The van der Waals surface area contributed by atoms with Crippen molar-refractivity contribution in [3.63, 3.8) is 0 Å². The fraction of sp³-hybridized carbons (Fsp3) is 0.588. The third-order valence-corrected chi connectivity index (χ3v) is 4.18. The fourth-order valence-corrected chi connectivity index (χ4v) is 3.02. The van der Waals surface area contributed by atoms with E-state index < -0.39 is 23.9 Å². The van der Waals surface area contributed by atoms with Crippen LogP contribution in [0.3, 0.4) is 0 Å². The fourth-order valence-electron chi connectivity index (χ4n) is 3.02. The van der Waals surface area contributed by atoms with Gasteiger partial charge in [-0.25, -0.2) is 0 Å². The summed E-state index contributed by atoms with van der Waals surface area (Å²) in [5.74, 6) is -2.41. The van der Waals surface area contributed by atoms with Gasteiger partial charge < -0.3 is 15.0 Å². The number of alkyl halides is 3. The molecule has 1 heterocycles. The first-order valence-corrected chi connectivity index (χ1v) is 8.06. The summed E-state index contributed by atoms with van der Waals surface area (Å²) in [4.78, 5) is 13.7. The number of nitrogens with zero attached hydrogens (tertiary/aromatic N) is 1. The average Bonchev–Trinajstić information content (AvgIpc) is 2.90. The maximum Gasteiger partial charge on any atom is 0.393 e. The lowest BCUT2D eigenvalue weighted by Gasteiger charge is -2.20. The van der Waals surface area contributed by atoms with E-state index >= 15 is 0 Å². The summed E-state index contributed by atoms with van der Waals surface area (Å²) < 4.78 is 44.5. The van der Waals surface area contributed by atoms with Gasteiger partial charge in [-0.1, -0.05) is 12.1 Å². The monoisotopic (exact) mass is 344 g/mol. The predicted molar refractivity (Wildman–Crippen MR) is 84.9 cm³/mol. The molecular weight excluding hydrogens is 321 g/mol. The maximum atomic E-state index is 13.0. The van der Waals surface area contributed by atoms with Crippen LogP contribution in [0.15, 0.2) is 24.3 Å². The van der Waals surface area contributed by atoms with Crippen molar-refractivity contribution in [1.82, 2.24) is 10.2 Å². The molecule has 1 aromatic carbocycles. The van der Waals surface area contributed by atoms with Gasteiger partial charge in [0.2, 0.25) is 5.91 Å². The molecule has 0 spiro atoms. The number of ether oxygens (including phenoxy) is 1. The highest BCUT2D eigenvalue weighted by atomic mass is 19.4. The number of nitrogens with one attached hydrogen (secondary N) is 1. The highest BCUT2D eigenvalue weighted by Gasteiger charge is 2.51. The van der Waals surface area contributed by atoms with Crippen LogP contribution >= 0.6 is 0 Å². The van der Waals surface area contributed by atoms with E-state index in [2.05, 4.69) is 5.32 Å². The van der Waals surface area contributed by atoms with Gasteiger partial charge in [0.15, 0.2) is 0 Å². The smallest absolute Gasteiger partial charge is 0.393 e. The highest BCUT2D eigenvalue weighted by Crippen LogP contribution is 2.37. The van der Waals surface area contributed by atoms with Gasteiger partial charge in [-0.2, -0.15) is 13.2 Å². The van der Waals surface area contributed by atoms with Gasteiger partial charge in [0.25, 0.3) is 0 Å². The van der Waals surface area contributed by atoms with Crippen molar-refractivity contribution >= 4 is 5.91 Å². The molecule has 1 fully saturated rings. The van der Waals surface area contributed by atoms with Crippen molar-refractivity contribution in [2.24, 2.45) is 11.8 Å². The average molecular weight is 344 g/mol. The summed E-state index contributed by atoms with van der Waals surface area (Å²) in [5.41, 5.74) is 0.970. The molecule has 2 atom stereocenters. The van der Waals surface area contributed by atoms with Crippen LogP contribution in [0.2, 0.25) is 0 Å². The number of hydrogen-bond acceptors (Lipinski definition) is 3. The van der Waals surface area contributed by atoms with Gasteiger partial charge in [0, 0.05) is 19.6 Å². The molecule has 134 valence electrons. The van der Waals surface area contributed by atoms with Gasteiger partial charge in [-0.3, -0.25) is 4.79 Å². The molecule has 0 aromatic heterocycles. The van der Waals surface area contributed by atoms with Crippen LogP contribution in [0.5, 0.6) is 5.75 Å². The molecule has 24 heavy (non-hydrogen) atoms. The van der Waals surface area contributed by atoms with Crippen LogP contribution in [0.25, 0.3) is 0 Å². The zero-order chi connectivity index (χ0) is 17.7.